The third-order valence-electron chi connectivity index (χ3n) is 6.77. The van der Waals surface area contributed by atoms with E-state index in [1.807, 2.05) is 12.1 Å². The second kappa shape index (κ2) is 12.5. The van der Waals surface area contributed by atoms with Gasteiger partial charge in [-0.1, -0.05) is 169 Å². The molecule has 0 heterocycles. The summed E-state index contributed by atoms with van der Waals surface area (Å²) in [6.07, 6.45) is 0. The summed E-state index contributed by atoms with van der Waals surface area (Å²) in [6.45, 7) is 0. The molecule has 0 unspecified atom stereocenters. The SMILES string of the molecule is Clc1cccc(P(c2ccccc2)c2ccccc2)c1-c1c(Cl)cccc1P(c1ccccc1)c1ccccc1. The fraction of sp³-hybridized carbons (Fsp3) is 0. The van der Waals surface area contributed by atoms with Crippen molar-refractivity contribution in [1.29, 1.82) is 0 Å². The van der Waals surface area contributed by atoms with E-state index in [0.717, 1.165) is 11.1 Å². The molecule has 0 spiro atoms. The Labute approximate surface area is 248 Å². The molecule has 0 aliphatic rings. The van der Waals surface area contributed by atoms with Gasteiger partial charge in [0.2, 0.25) is 0 Å². The van der Waals surface area contributed by atoms with Crippen molar-refractivity contribution < 1.29 is 0 Å². The first-order valence-corrected chi connectivity index (χ1v) is 16.5. The molecule has 40 heavy (non-hydrogen) atoms. The fourth-order valence-corrected chi connectivity index (χ4v) is 10.7. The Kier molecular flexibility index (Phi) is 8.43. The molecule has 0 atom stereocenters. The van der Waals surface area contributed by atoms with E-state index in [4.69, 9.17) is 23.2 Å². The molecule has 0 aliphatic heterocycles. The largest absolute Gasteiger partial charge is 0.0836 e. The van der Waals surface area contributed by atoms with E-state index in [1.54, 1.807) is 0 Å². The zero-order valence-electron chi connectivity index (χ0n) is 21.7. The lowest BCUT2D eigenvalue weighted by molar-refractivity contribution is 1.67. The summed E-state index contributed by atoms with van der Waals surface area (Å²) in [4.78, 5) is 0. The Morgan fingerprint density at radius 1 is 0.300 bits per heavy atom. The molecule has 4 heteroatoms. The van der Waals surface area contributed by atoms with Gasteiger partial charge in [0.05, 0.1) is 0 Å². The summed E-state index contributed by atoms with van der Waals surface area (Å²) in [5.41, 5.74) is 2.03. The number of rotatable bonds is 7. The lowest BCUT2D eigenvalue weighted by Crippen LogP contribution is -2.26. The molecule has 0 amide bonds. The van der Waals surface area contributed by atoms with Crippen molar-refractivity contribution in [2.24, 2.45) is 0 Å². The van der Waals surface area contributed by atoms with Crippen LogP contribution in [-0.4, -0.2) is 0 Å². The first-order chi connectivity index (χ1) is 19.7. The van der Waals surface area contributed by atoms with Crippen molar-refractivity contribution in [3.63, 3.8) is 0 Å². The van der Waals surface area contributed by atoms with E-state index >= 15 is 0 Å². The normalized spacial score (nSPS) is 11.2. The first-order valence-electron chi connectivity index (χ1n) is 13.1. The standard InChI is InChI=1S/C36H26Cl2P2/c37-31-23-13-25-33(39(27-15-5-1-6-16-27)28-17-7-2-8-18-28)35(31)36-32(38)24-14-26-34(36)40(29-19-9-3-10-20-29)30-21-11-4-12-22-30/h1-26H. The molecule has 6 rings (SSSR count). The molecule has 0 radical (unpaired) electrons. The van der Waals surface area contributed by atoms with Crippen LogP contribution in [0.1, 0.15) is 0 Å². The zero-order valence-corrected chi connectivity index (χ0v) is 25.0. The topological polar surface area (TPSA) is 0 Å². The fourth-order valence-electron chi connectivity index (χ4n) is 5.06. The maximum atomic E-state index is 7.18. The Morgan fingerprint density at radius 2 is 0.575 bits per heavy atom. The van der Waals surface area contributed by atoms with Crippen molar-refractivity contribution in [2.45, 2.75) is 0 Å². The molecule has 0 aliphatic carbocycles. The Morgan fingerprint density at radius 3 is 0.850 bits per heavy atom. The molecular formula is C36H26Cl2P2. The predicted octanol–water partition coefficient (Wildman–Crippen LogP) is 8.18. The van der Waals surface area contributed by atoms with Crippen LogP contribution in [0, 0.1) is 0 Å². The van der Waals surface area contributed by atoms with Gasteiger partial charge in [-0.15, -0.1) is 0 Å². The summed E-state index contributed by atoms with van der Waals surface area (Å²) < 4.78 is 0. The molecule has 0 N–H and O–H groups in total. The number of benzene rings is 6. The molecule has 0 bridgehead atoms. The maximum absolute atomic E-state index is 7.18. The van der Waals surface area contributed by atoms with Crippen LogP contribution in [0.2, 0.25) is 10.0 Å². The minimum atomic E-state index is -0.895. The average Bonchev–Trinajstić information content (AvgIpc) is 3.01. The van der Waals surface area contributed by atoms with Gasteiger partial charge in [-0.05, 0) is 59.8 Å². The van der Waals surface area contributed by atoms with Gasteiger partial charge in [-0.2, -0.15) is 0 Å². The van der Waals surface area contributed by atoms with E-state index in [0.29, 0.717) is 10.0 Å². The summed E-state index contributed by atoms with van der Waals surface area (Å²) in [7, 11) is -1.79. The average molecular weight is 591 g/mol. The molecule has 6 aromatic carbocycles. The second-order valence-electron chi connectivity index (χ2n) is 9.28. The smallest absolute Gasteiger partial charge is 0.0491 e. The van der Waals surface area contributed by atoms with Gasteiger partial charge in [0.1, 0.15) is 0 Å². The quantitative estimate of drug-likeness (QED) is 0.164. The van der Waals surface area contributed by atoms with Gasteiger partial charge in [-0.3, -0.25) is 0 Å². The summed E-state index contributed by atoms with van der Waals surface area (Å²) in [5.74, 6) is 0. The minimum Gasteiger partial charge on any atom is -0.0836 e. The van der Waals surface area contributed by atoms with Crippen LogP contribution in [0.5, 0.6) is 0 Å². The van der Waals surface area contributed by atoms with Crippen LogP contribution in [0.3, 0.4) is 0 Å². The van der Waals surface area contributed by atoms with Gasteiger partial charge in [0, 0.05) is 21.2 Å². The van der Waals surface area contributed by atoms with Crippen molar-refractivity contribution >= 4 is 70.9 Å². The molecule has 194 valence electrons. The lowest BCUT2D eigenvalue weighted by Gasteiger charge is -2.27. The molecule has 0 fully saturated rings. The van der Waals surface area contributed by atoms with Gasteiger partial charge in [0.15, 0.2) is 0 Å². The van der Waals surface area contributed by atoms with Crippen molar-refractivity contribution in [2.75, 3.05) is 0 Å². The Balaban J connectivity index is 1.65. The third kappa shape index (κ3) is 5.51. The minimum absolute atomic E-state index is 0.710. The van der Waals surface area contributed by atoms with Crippen molar-refractivity contribution in [1.82, 2.24) is 0 Å². The molecular weight excluding hydrogens is 565 g/mol. The van der Waals surface area contributed by atoms with Crippen LogP contribution in [0.15, 0.2) is 158 Å². The summed E-state index contributed by atoms with van der Waals surface area (Å²) in [6, 6.07) is 55.5. The third-order valence-corrected chi connectivity index (χ3v) is 12.4. The predicted molar refractivity (Wildman–Crippen MR) is 179 cm³/mol. The van der Waals surface area contributed by atoms with E-state index < -0.39 is 15.8 Å². The van der Waals surface area contributed by atoms with Gasteiger partial charge >= 0.3 is 0 Å². The molecule has 0 saturated carbocycles. The zero-order chi connectivity index (χ0) is 27.3. The molecule has 0 nitrogen and oxygen atoms in total. The number of hydrogen-bond donors (Lipinski definition) is 0. The maximum Gasteiger partial charge on any atom is 0.0491 e. The summed E-state index contributed by atoms with van der Waals surface area (Å²) in [5, 5.41) is 8.91. The van der Waals surface area contributed by atoms with Crippen LogP contribution in [-0.2, 0) is 0 Å². The van der Waals surface area contributed by atoms with Gasteiger partial charge in [0.25, 0.3) is 0 Å². The highest BCUT2D eigenvalue weighted by atomic mass is 35.5. The van der Waals surface area contributed by atoms with Crippen LogP contribution in [0.25, 0.3) is 11.1 Å². The van der Waals surface area contributed by atoms with Crippen molar-refractivity contribution in [3.05, 3.63) is 168 Å². The Hall–Kier alpha value is -3.24. The molecule has 0 aromatic heterocycles. The Bertz CT molecular complexity index is 1500. The summed E-state index contributed by atoms with van der Waals surface area (Å²) >= 11 is 14.4. The number of hydrogen-bond acceptors (Lipinski definition) is 0. The highest BCUT2D eigenvalue weighted by molar-refractivity contribution is 7.80. The van der Waals surface area contributed by atoms with E-state index in [2.05, 4.69) is 146 Å². The van der Waals surface area contributed by atoms with E-state index in [-0.39, 0.29) is 0 Å². The van der Waals surface area contributed by atoms with Crippen molar-refractivity contribution in [3.8, 4) is 11.1 Å². The van der Waals surface area contributed by atoms with Gasteiger partial charge < -0.3 is 0 Å². The van der Waals surface area contributed by atoms with Gasteiger partial charge in [-0.25, -0.2) is 0 Å². The molecule has 6 aromatic rings. The molecule has 0 saturated heterocycles. The highest BCUT2D eigenvalue weighted by Gasteiger charge is 2.27. The highest BCUT2D eigenvalue weighted by Crippen LogP contribution is 2.45. The van der Waals surface area contributed by atoms with E-state index in [1.165, 1.54) is 31.8 Å². The van der Waals surface area contributed by atoms with Crippen LogP contribution in [0.4, 0.5) is 0 Å². The number of halogens is 2. The lowest BCUT2D eigenvalue weighted by atomic mass is 10.1. The van der Waals surface area contributed by atoms with Crippen LogP contribution < -0.4 is 31.8 Å². The van der Waals surface area contributed by atoms with E-state index in [9.17, 15) is 0 Å². The first kappa shape index (κ1) is 27.0. The van der Waals surface area contributed by atoms with Crippen LogP contribution >= 0.6 is 39.0 Å². The monoisotopic (exact) mass is 590 g/mol. The second-order valence-corrected chi connectivity index (χ2v) is 14.5.